The van der Waals surface area contributed by atoms with E-state index in [0.717, 1.165) is 74.0 Å². The number of aliphatic hydroxyl groups is 1. The number of hydrogen-bond donors (Lipinski definition) is 1. The van der Waals surface area contributed by atoms with Gasteiger partial charge in [-0.05, 0) is 113 Å². The van der Waals surface area contributed by atoms with Crippen LogP contribution in [0.2, 0.25) is 0 Å². The topological polar surface area (TPSA) is 46.5 Å². The quantitative estimate of drug-likeness (QED) is 0.614. The van der Waals surface area contributed by atoms with Crippen LogP contribution >= 0.6 is 0 Å². The number of ether oxygens (including phenoxy) is 1. The molecule has 1 unspecified atom stereocenters. The van der Waals surface area contributed by atoms with Crippen molar-refractivity contribution in [2.75, 3.05) is 0 Å². The minimum absolute atomic E-state index is 0.0326. The lowest BCUT2D eigenvalue weighted by Crippen LogP contribution is -2.55. The molecule has 8 aliphatic rings. The van der Waals surface area contributed by atoms with Crippen LogP contribution in [-0.4, -0.2) is 17.4 Å². The number of carbonyl (C=O) groups is 1. The average Bonchev–Trinajstić information content (AvgIpc) is 2.52. The van der Waals surface area contributed by atoms with Crippen LogP contribution in [0.25, 0.3) is 0 Å². The van der Waals surface area contributed by atoms with E-state index in [9.17, 15) is 9.90 Å². The molecule has 0 spiro atoms. The molecular weight excluding hydrogens is 312 g/mol. The van der Waals surface area contributed by atoms with Crippen LogP contribution in [0.4, 0.5) is 0 Å². The Morgan fingerprint density at radius 2 is 1.08 bits per heavy atom. The first-order chi connectivity index (χ1) is 12.0. The molecule has 0 aliphatic heterocycles. The molecule has 0 aromatic rings. The van der Waals surface area contributed by atoms with Gasteiger partial charge in [-0.15, -0.1) is 0 Å². The molecular formula is C22H32O3. The van der Waals surface area contributed by atoms with Crippen molar-refractivity contribution < 1.29 is 14.6 Å². The van der Waals surface area contributed by atoms with Crippen molar-refractivity contribution in [3.05, 3.63) is 0 Å². The monoisotopic (exact) mass is 344 g/mol. The normalized spacial score (nSPS) is 56.2. The van der Waals surface area contributed by atoms with E-state index in [1.54, 1.807) is 0 Å². The average molecular weight is 344 g/mol. The fourth-order valence-corrected chi connectivity index (χ4v) is 9.19. The second-order valence-electron chi connectivity index (χ2n) is 11.2. The second-order valence-corrected chi connectivity index (χ2v) is 11.2. The summed E-state index contributed by atoms with van der Waals surface area (Å²) >= 11 is 0. The standard InChI is InChI=1S/C22H32O3/c23-19(21-7-13-1-14(8-21)3-15(2-13)9-21)25-20(24)22-10-16-4-17(11-22)6-18(5-16)12-22/h13-19,23H,1-12H2. The molecule has 8 bridgehead atoms. The van der Waals surface area contributed by atoms with E-state index in [1.165, 1.54) is 38.5 Å². The smallest absolute Gasteiger partial charge is 0.314 e. The van der Waals surface area contributed by atoms with Crippen LogP contribution < -0.4 is 0 Å². The summed E-state index contributed by atoms with van der Waals surface area (Å²) in [7, 11) is 0. The molecule has 1 atom stereocenters. The van der Waals surface area contributed by atoms with Gasteiger partial charge >= 0.3 is 5.97 Å². The van der Waals surface area contributed by atoms with Crippen molar-refractivity contribution in [1.82, 2.24) is 0 Å². The molecule has 0 aromatic heterocycles. The van der Waals surface area contributed by atoms with Gasteiger partial charge in [0.15, 0.2) is 0 Å². The zero-order valence-electron chi connectivity index (χ0n) is 15.3. The van der Waals surface area contributed by atoms with Gasteiger partial charge in [0.25, 0.3) is 0 Å². The number of esters is 1. The highest BCUT2D eigenvalue weighted by Crippen LogP contribution is 2.63. The fraction of sp³-hybridized carbons (Fsp3) is 0.955. The first kappa shape index (κ1) is 15.5. The third kappa shape index (κ3) is 2.23. The summed E-state index contributed by atoms with van der Waals surface area (Å²) in [5.41, 5.74) is -0.343. The van der Waals surface area contributed by atoms with E-state index in [0.29, 0.717) is 0 Å². The lowest BCUT2D eigenvalue weighted by Gasteiger charge is -2.58. The van der Waals surface area contributed by atoms with Crippen LogP contribution in [0.3, 0.4) is 0 Å². The molecule has 8 aliphatic carbocycles. The molecule has 25 heavy (non-hydrogen) atoms. The zero-order valence-corrected chi connectivity index (χ0v) is 15.3. The highest BCUT2D eigenvalue weighted by Gasteiger charge is 2.59. The van der Waals surface area contributed by atoms with Gasteiger partial charge in [-0.2, -0.15) is 0 Å². The van der Waals surface area contributed by atoms with Crippen LogP contribution in [0, 0.1) is 46.3 Å². The Kier molecular flexibility index (Phi) is 3.11. The molecule has 0 saturated heterocycles. The molecule has 3 heteroatoms. The van der Waals surface area contributed by atoms with Crippen molar-refractivity contribution in [3.8, 4) is 0 Å². The van der Waals surface area contributed by atoms with Crippen molar-refractivity contribution >= 4 is 5.97 Å². The summed E-state index contributed by atoms with van der Waals surface area (Å²) in [6, 6.07) is 0. The third-order valence-electron chi connectivity index (χ3n) is 9.30. The summed E-state index contributed by atoms with van der Waals surface area (Å²) < 4.78 is 5.94. The maximum Gasteiger partial charge on any atom is 0.314 e. The van der Waals surface area contributed by atoms with Crippen molar-refractivity contribution in [2.45, 2.75) is 83.3 Å². The third-order valence-corrected chi connectivity index (χ3v) is 9.30. The highest BCUT2D eigenvalue weighted by molar-refractivity contribution is 5.77. The first-order valence-corrected chi connectivity index (χ1v) is 10.9. The van der Waals surface area contributed by atoms with Crippen LogP contribution in [0.1, 0.15) is 77.0 Å². The van der Waals surface area contributed by atoms with Crippen LogP contribution in [0.5, 0.6) is 0 Å². The number of rotatable bonds is 3. The van der Waals surface area contributed by atoms with Crippen molar-refractivity contribution in [3.63, 3.8) is 0 Å². The first-order valence-electron chi connectivity index (χ1n) is 10.9. The van der Waals surface area contributed by atoms with Crippen LogP contribution in [-0.2, 0) is 9.53 Å². The summed E-state index contributed by atoms with van der Waals surface area (Å²) in [5, 5.41) is 11.0. The molecule has 0 radical (unpaired) electrons. The van der Waals surface area contributed by atoms with Gasteiger partial charge in [-0.25, -0.2) is 0 Å². The van der Waals surface area contributed by atoms with E-state index < -0.39 is 6.29 Å². The number of aliphatic hydroxyl groups excluding tert-OH is 1. The van der Waals surface area contributed by atoms with E-state index in [1.807, 2.05) is 0 Å². The lowest BCUT2D eigenvalue weighted by atomic mass is 9.49. The summed E-state index contributed by atoms with van der Waals surface area (Å²) in [5.74, 6) is 4.54. The van der Waals surface area contributed by atoms with E-state index in [4.69, 9.17) is 4.74 Å². The van der Waals surface area contributed by atoms with Gasteiger partial charge in [0.05, 0.1) is 5.41 Å². The summed E-state index contributed by atoms with van der Waals surface area (Å²) in [6.45, 7) is 0. The second kappa shape index (κ2) is 5.03. The predicted octanol–water partition coefficient (Wildman–Crippen LogP) is 4.28. The summed E-state index contributed by atoms with van der Waals surface area (Å²) in [4.78, 5) is 13.2. The predicted molar refractivity (Wildman–Crippen MR) is 93.3 cm³/mol. The largest absolute Gasteiger partial charge is 0.435 e. The molecule has 0 amide bonds. The molecule has 138 valence electrons. The van der Waals surface area contributed by atoms with Gasteiger partial charge < -0.3 is 9.84 Å². The highest BCUT2D eigenvalue weighted by atomic mass is 16.6. The Morgan fingerprint density at radius 1 is 0.720 bits per heavy atom. The molecule has 8 fully saturated rings. The molecule has 8 saturated carbocycles. The van der Waals surface area contributed by atoms with Gasteiger partial charge in [-0.3, -0.25) is 4.79 Å². The van der Waals surface area contributed by atoms with Gasteiger partial charge in [0, 0.05) is 5.41 Å². The Labute approximate surface area is 150 Å². The van der Waals surface area contributed by atoms with Crippen LogP contribution in [0.15, 0.2) is 0 Å². The number of hydrogen-bond acceptors (Lipinski definition) is 3. The molecule has 8 rings (SSSR count). The van der Waals surface area contributed by atoms with Crippen molar-refractivity contribution in [2.24, 2.45) is 46.3 Å². The van der Waals surface area contributed by atoms with Gasteiger partial charge in [-0.1, -0.05) is 0 Å². The van der Waals surface area contributed by atoms with E-state index in [2.05, 4.69) is 0 Å². The molecule has 0 aromatic carbocycles. The number of carbonyl (C=O) groups excluding carboxylic acids is 1. The summed E-state index contributed by atoms with van der Waals surface area (Å²) in [6.07, 6.45) is 13.6. The van der Waals surface area contributed by atoms with E-state index >= 15 is 0 Å². The lowest BCUT2D eigenvalue weighted by molar-refractivity contribution is -0.239. The minimum atomic E-state index is -0.846. The van der Waals surface area contributed by atoms with E-state index in [-0.39, 0.29) is 16.8 Å². The maximum absolute atomic E-state index is 13.2. The SMILES string of the molecule is O=C(OC(O)C12CC3CC(CC(C3)C1)C2)C12CC3CC(CC(C3)C1)C2. The Hall–Kier alpha value is -0.570. The van der Waals surface area contributed by atoms with Gasteiger partial charge in [0.2, 0.25) is 6.29 Å². The zero-order chi connectivity index (χ0) is 16.8. The van der Waals surface area contributed by atoms with Crippen molar-refractivity contribution in [1.29, 1.82) is 0 Å². The maximum atomic E-state index is 13.2. The Bertz CT molecular complexity index is 524. The Morgan fingerprint density at radius 3 is 1.48 bits per heavy atom. The van der Waals surface area contributed by atoms with Gasteiger partial charge in [0.1, 0.15) is 0 Å². The molecule has 0 heterocycles. The Balaban J connectivity index is 1.21. The molecule has 3 nitrogen and oxygen atoms in total. The minimum Gasteiger partial charge on any atom is -0.435 e. The fourth-order valence-electron chi connectivity index (χ4n) is 9.19. The molecule has 1 N–H and O–H groups in total.